The first-order chi connectivity index (χ1) is 17.8. The Labute approximate surface area is 215 Å². The number of aliphatic hydroxyl groups is 1. The van der Waals surface area contributed by atoms with Gasteiger partial charge in [-0.1, -0.05) is 12.1 Å². The Morgan fingerprint density at radius 1 is 0.811 bits per heavy atom. The number of ketones is 1. The van der Waals surface area contributed by atoms with Gasteiger partial charge in [-0.3, -0.25) is 14.5 Å². The van der Waals surface area contributed by atoms with E-state index < -0.39 is 17.7 Å². The quantitative estimate of drug-likeness (QED) is 0.259. The molecular weight excluding hydrogens is 474 g/mol. The van der Waals surface area contributed by atoms with Crippen molar-refractivity contribution in [2.24, 2.45) is 0 Å². The predicted octanol–water partition coefficient (Wildman–Crippen LogP) is 5.13. The predicted molar refractivity (Wildman–Crippen MR) is 140 cm³/mol. The number of hydrogen-bond donors (Lipinski definition) is 1. The van der Waals surface area contributed by atoms with E-state index >= 15 is 0 Å². The maximum Gasteiger partial charge on any atom is 0.300 e. The van der Waals surface area contributed by atoms with Crippen molar-refractivity contribution in [3.8, 4) is 23.0 Å². The molecule has 8 nitrogen and oxygen atoms in total. The van der Waals surface area contributed by atoms with Crippen LogP contribution < -0.4 is 23.8 Å². The van der Waals surface area contributed by atoms with Crippen molar-refractivity contribution >= 4 is 23.1 Å². The lowest BCUT2D eigenvalue weighted by molar-refractivity contribution is -0.132. The van der Waals surface area contributed by atoms with E-state index in [0.29, 0.717) is 34.2 Å². The molecule has 1 N–H and O–H groups in total. The van der Waals surface area contributed by atoms with Gasteiger partial charge in [-0.2, -0.15) is 0 Å². The average Bonchev–Trinajstić information content (AvgIpc) is 3.18. The maximum absolute atomic E-state index is 13.4. The fourth-order valence-corrected chi connectivity index (χ4v) is 4.30. The second-order valence-corrected chi connectivity index (χ2v) is 8.67. The minimum Gasteiger partial charge on any atom is -0.507 e. The summed E-state index contributed by atoms with van der Waals surface area (Å²) in [7, 11) is 4.50. The minimum atomic E-state index is -0.904. The second kappa shape index (κ2) is 10.7. The summed E-state index contributed by atoms with van der Waals surface area (Å²) in [6, 6.07) is 17.9. The van der Waals surface area contributed by atoms with Crippen LogP contribution in [0.25, 0.3) is 5.76 Å². The van der Waals surface area contributed by atoms with Crippen LogP contribution in [-0.4, -0.2) is 44.2 Å². The molecule has 1 aliphatic heterocycles. The first-order valence-corrected chi connectivity index (χ1v) is 11.7. The summed E-state index contributed by atoms with van der Waals surface area (Å²) in [5.41, 5.74) is 1.27. The molecule has 0 saturated carbocycles. The van der Waals surface area contributed by atoms with Gasteiger partial charge in [0.15, 0.2) is 0 Å². The summed E-state index contributed by atoms with van der Waals surface area (Å²) in [5, 5.41) is 11.5. The van der Waals surface area contributed by atoms with Gasteiger partial charge < -0.3 is 24.1 Å². The van der Waals surface area contributed by atoms with E-state index in [4.69, 9.17) is 18.9 Å². The number of anilines is 1. The summed E-state index contributed by atoms with van der Waals surface area (Å²) in [6.07, 6.45) is -0.0165. The number of carbonyl (C=O) groups excluding carboxylic acids is 2. The number of amides is 1. The molecule has 8 heteroatoms. The Kier molecular flexibility index (Phi) is 7.38. The van der Waals surface area contributed by atoms with E-state index in [9.17, 15) is 14.7 Å². The summed E-state index contributed by atoms with van der Waals surface area (Å²) >= 11 is 0. The van der Waals surface area contributed by atoms with E-state index in [1.807, 2.05) is 13.8 Å². The van der Waals surface area contributed by atoms with Crippen LogP contribution in [0.4, 0.5) is 5.69 Å². The van der Waals surface area contributed by atoms with Crippen LogP contribution in [0.1, 0.15) is 31.0 Å². The van der Waals surface area contributed by atoms with Gasteiger partial charge in [0.05, 0.1) is 44.6 Å². The topological polar surface area (TPSA) is 94.5 Å². The van der Waals surface area contributed by atoms with Crippen LogP contribution >= 0.6 is 0 Å². The van der Waals surface area contributed by atoms with E-state index in [2.05, 4.69) is 0 Å². The van der Waals surface area contributed by atoms with E-state index in [1.165, 1.54) is 19.1 Å². The zero-order valence-corrected chi connectivity index (χ0v) is 21.3. The Morgan fingerprint density at radius 3 is 1.97 bits per heavy atom. The number of Topliss-reactive ketones (excluding diaryl/α,β-unsaturated/α-hetero) is 1. The van der Waals surface area contributed by atoms with Crippen LogP contribution in [-0.2, 0) is 9.59 Å². The number of carbonyl (C=O) groups is 2. The largest absolute Gasteiger partial charge is 0.507 e. The first-order valence-electron chi connectivity index (χ1n) is 11.7. The Balaban J connectivity index is 1.91. The molecule has 1 atom stereocenters. The number of ether oxygens (including phenoxy) is 4. The molecule has 4 rings (SSSR count). The molecule has 1 fully saturated rings. The Morgan fingerprint density at radius 2 is 1.41 bits per heavy atom. The molecule has 1 unspecified atom stereocenters. The normalized spacial score (nSPS) is 16.7. The third kappa shape index (κ3) is 4.95. The number of benzene rings is 3. The van der Waals surface area contributed by atoms with Crippen molar-refractivity contribution in [2.45, 2.75) is 26.0 Å². The molecule has 1 aliphatic rings. The van der Waals surface area contributed by atoms with E-state index in [0.717, 1.165) is 0 Å². The van der Waals surface area contributed by atoms with Crippen molar-refractivity contribution < 1.29 is 33.6 Å². The number of rotatable bonds is 8. The van der Waals surface area contributed by atoms with Crippen molar-refractivity contribution in [3.05, 3.63) is 83.4 Å². The van der Waals surface area contributed by atoms with Crippen LogP contribution in [0.5, 0.6) is 23.0 Å². The van der Waals surface area contributed by atoms with Gasteiger partial charge in [-0.05, 0) is 74.0 Å². The Bertz CT molecular complexity index is 1330. The van der Waals surface area contributed by atoms with Gasteiger partial charge >= 0.3 is 0 Å². The lowest BCUT2D eigenvalue weighted by Crippen LogP contribution is -2.29. The van der Waals surface area contributed by atoms with E-state index in [-0.39, 0.29) is 23.0 Å². The van der Waals surface area contributed by atoms with Crippen molar-refractivity contribution in [3.63, 3.8) is 0 Å². The third-order valence-corrected chi connectivity index (χ3v) is 6.02. The molecule has 0 aliphatic carbocycles. The molecular formula is C29H29NO7. The number of nitrogens with zero attached hydrogens (tertiary/aromatic N) is 1. The fourth-order valence-electron chi connectivity index (χ4n) is 4.30. The van der Waals surface area contributed by atoms with Crippen LogP contribution in [0, 0.1) is 0 Å². The molecule has 192 valence electrons. The first kappa shape index (κ1) is 25.6. The van der Waals surface area contributed by atoms with Gasteiger partial charge in [-0.15, -0.1) is 0 Å². The van der Waals surface area contributed by atoms with Crippen LogP contribution in [0.15, 0.2) is 72.3 Å². The van der Waals surface area contributed by atoms with Crippen molar-refractivity contribution in [2.75, 3.05) is 26.2 Å². The number of methoxy groups -OCH3 is 3. The monoisotopic (exact) mass is 503 g/mol. The number of aliphatic hydroxyl groups excluding tert-OH is 1. The minimum absolute atomic E-state index is 0.0165. The van der Waals surface area contributed by atoms with Gasteiger partial charge in [0.2, 0.25) is 0 Å². The summed E-state index contributed by atoms with van der Waals surface area (Å²) in [5.74, 6) is 0.0962. The number of hydrogen-bond acceptors (Lipinski definition) is 7. The highest BCUT2D eigenvalue weighted by atomic mass is 16.5. The second-order valence-electron chi connectivity index (χ2n) is 8.67. The zero-order valence-electron chi connectivity index (χ0n) is 21.3. The van der Waals surface area contributed by atoms with Crippen molar-refractivity contribution in [1.82, 2.24) is 0 Å². The van der Waals surface area contributed by atoms with Crippen LogP contribution in [0.2, 0.25) is 0 Å². The molecule has 1 saturated heterocycles. The zero-order chi connectivity index (χ0) is 26.7. The lowest BCUT2D eigenvalue weighted by Gasteiger charge is -2.26. The summed E-state index contributed by atoms with van der Waals surface area (Å²) in [6.45, 7) is 3.84. The molecule has 0 radical (unpaired) electrons. The highest BCUT2D eigenvalue weighted by molar-refractivity contribution is 6.51. The van der Waals surface area contributed by atoms with Crippen molar-refractivity contribution in [1.29, 1.82) is 0 Å². The third-order valence-electron chi connectivity index (χ3n) is 6.02. The highest BCUT2D eigenvalue weighted by Gasteiger charge is 2.47. The maximum atomic E-state index is 13.4. The molecule has 3 aromatic rings. The Hall–Kier alpha value is -4.46. The summed E-state index contributed by atoms with van der Waals surface area (Å²) < 4.78 is 21.7. The standard InChI is InChI=1S/C29H29NO7/c1-17(2)37-21-12-8-19(9-13-21)30-26(18-6-10-20(34-3)11-7-18)25(28(32)29(30)33)27(31)23-16-22(35-4)14-15-24(23)36-5/h6-17,26,31H,1-5H3/b27-25+. The molecule has 1 heterocycles. The average molecular weight is 504 g/mol. The van der Waals surface area contributed by atoms with Gasteiger partial charge in [0.1, 0.15) is 28.8 Å². The lowest BCUT2D eigenvalue weighted by atomic mass is 9.94. The highest BCUT2D eigenvalue weighted by Crippen LogP contribution is 2.44. The molecule has 37 heavy (non-hydrogen) atoms. The van der Waals surface area contributed by atoms with E-state index in [1.54, 1.807) is 73.8 Å². The fraction of sp³-hybridized carbons (Fsp3) is 0.241. The summed E-state index contributed by atoms with van der Waals surface area (Å²) in [4.78, 5) is 28.2. The van der Waals surface area contributed by atoms with Gasteiger partial charge in [0, 0.05) is 5.69 Å². The smallest absolute Gasteiger partial charge is 0.300 e. The molecule has 0 spiro atoms. The van der Waals surface area contributed by atoms with Gasteiger partial charge in [-0.25, -0.2) is 0 Å². The molecule has 0 aromatic heterocycles. The van der Waals surface area contributed by atoms with Gasteiger partial charge in [0.25, 0.3) is 11.7 Å². The molecule has 3 aromatic carbocycles. The molecule has 1 amide bonds. The SMILES string of the molecule is COc1ccc(C2/C(=C(\O)c3cc(OC)ccc3OC)C(=O)C(=O)N2c2ccc(OC(C)C)cc2)cc1. The molecule has 0 bridgehead atoms. The van der Waals surface area contributed by atoms with Crippen LogP contribution in [0.3, 0.4) is 0 Å².